The van der Waals surface area contributed by atoms with E-state index in [0.717, 1.165) is 0 Å². The van der Waals surface area contributed by atoms with E-state index in [1.807, 2.05) is 20.8 Å². The highest BCUT2D eigenvalue weighted by molar-refractivity contribution is 6.68. The van der Waals surface area contributed by atoms with Gasteiger partial charge in [0.2, 0.25) is 0 Å². The molecule has 3 N–H and O–H groups in total. The number of hydrogen-bond acceptors (Lipinski definition) is 5. The topological polar surface area (TPSA) is 81.4 Å². The number of nitrogens with one attached hydrogen (secondary N) is 1. The molecule has 2 rings (SSSR count). The molecule has 0 radical (unpaired) electrons. The first-order valence-electron chi connectivity index (χ1n) is 7.65. The lowest BCUT2D eigenvalue weighted by Crippen LogP contribution is -2.41. The second-order valence-electron chi connectivity index (χ2n) is 6.27. The lowest BCUT2D eigenvalue weighted by atomic mass is 9.99. The van der Waals surface area contributed by atoms with E-state index in [4.69, 9.17) is 22.2 Å². The summed E-state index contributed by atoms with van der Waals surface area (Å²) in [7, 11) is 1.53. The Bertz CT molecular complexity index is 747. The summed E-state index contributed by atoms with van der Waals surface area (Å²) < 4.78 is 5.07. The molecule has 0 fully saturated rings. The average molecular weight is 436 g/mol. The van der Waals surface area contributed by atoms with E-state index >= 15 is 0 Å². The van der Waals surface area contributed by atoms with Crippen molar-refractivity contribution >= 4 is 47.4 Å². The van der Waals surface area contributed by atoms with Crippen LogP contribution in [0.2, 0.25) is 0 Å². The van der Waals surface area contributed by atoms with Crippen LogP contribution in [0.3, 0.4) is 0 Å². The van der Waals surface area contributed by atoms with E-state index in [-0.39, 0.29) is 47.3 Å². The zero-order valence-corrected chi connectivity index (χ0v) is 18.0. The van der Waals surface area contributed by atoms with Crippen molar-refractivity contribution in [2.24, 2.45) is 5.84 Å². The molecule has 0 saturated heterocycles. The molecule has 5 nitrogen and oxygen atoms in total. The molecule has 0 aliphatic carbocycles. The molecule has 150 valence electrons. The smallest absolute Gasteiger partial charge is 0.253 e. The van der Waals surface area contributed by atoms with Gasteiger partial charge in [-0.2, -0.15) is 0 Å². The third kappa shape index (κ3) is 9.22. The van der Waals surface area contributed by atoms with Gasteiger partial charge in [0.15, 0.2) is 5.78 Å². The highest BCUT2D eigenvalue weighted by Crippen LogP contribution is 2.19. The van der Waals surface area contributed by atoms with Crippen LogP contribution in [-0.2, 0) is 0 Å². The van der Waals surface area contributed by atoms with Gasteiger partial charge in [-0.15, -0.1) is 24.8 Å². The summed E-state index contributed by atoms with van der Waals surface area (Å²) in [6.45, 7) is 6.02. The van der Waals surface area contributed by atoms with Gasteiger partial charge in [0, 0.05) is 22.2 Å². The number of nitrogens with two attached hydrogens (primary N) is 1. The normalized spacial score (nSPS) is 9.70. The molecule has 0 spiro atoms. The Kier molecular flexibility index (Phi) is 13.0. The monoisotopic (exact) mass is 434 g/mol. The Hall–Kier alpha value is -1.63. The van der Waals surface area contributed by atoms with Crippen LogP contribution in [-0.4, -0.2) is 23.7 Å². The molecule has 0 aliphatic heterocycles. The van der Waals surface area contributed by atoms with E-state index in [2.05, 4.69) is 5.43 Å². The summed E-state index contributed by atoms with van der Waals surface area (Å²) >= 11 is 5.48. The molecule has 0 bridgehead atoms. The average Bonchev–Trinajstić information content (AvgIpc) is 2.61. The minimum Gasteiger partial charge on any atom is -0.497 e. The summed E-state index contributed by atoms with van der Waals surface area (Å²) in [6.07, 6.45) is 0. The summed E-state index contributed by atoms with van der Waals surface area (Å²) in [6, 6.07) is 13.2. The van der Waals surface area contributed by atoms with Crippen molar-refractivity contribution in [3.8, 4) is 5.75 Å². The van der Waals surface area contributed by atoms with Gasteiger partial charge in [-0.05, 0) is 50.6 Å². The summed E-state index contributed by atoms with van der Waals surface area (Å²) in [4.78, 5) is 23.7. The van der Waals surface area contributed by atoms with Crippen LogP contribution in [0.1, 0.15) is 47.1 Å². The first kappa shape index (κ1) is 27.6. The maximum absolute atomic E-state index is 12.4. The third-order valence-electron chi connectivity index (χ3n) is 3.15. The van der Waals surface area contributed by atoms with Crippen LogP contribution in [0.5, 0.6) is 5.75 Å². The van der Waals surface area contributed by atoms with E-state index < -0.39 is 5.24 Å². The zero-order valence-electron chi connectivity index (χ0n) is 15.6. The third-order valence-corrected chi connectivity index (χ3v) is 3.35. The van der Waals surface area contributed by atoms with E-state index in [9.17, 15) is 9.59 Å². The van der Waals surface area contributed by atoms with Crippen LogP contribution < -0.4 is 16.0 Å². The number of methoxy groups -OCH3 is 1. The van der Waals surface area contributed by atoms with Crippen molar-refractivity contribution in [1.29, 1.82) is 0 Å². The molecule has 0 aromatic heterocycles. The Morgan fingerprint density at radius 3 is 1.96 bits per heavy atom. The van der Waals surface area contributed by atoms with Gasteiger partial charge in [-0.1, -0.05) is 30.3 Å². The lowest BCUT2D eigenvalue weighted by Gasteiger charge is -2.14. The van der Waals surface area contributed by atoms with Crippen LogP contribution in [0.4, 0.5) is 0 Å². The molecule has 0 atom stereocenters. The number of hydrogen-bond donors (Lipinski definition) is 2. The van der Waals surface area contributed by atoms with Gasteiger partial charge >= 0.3 is 0 Å². The SMILES string of the molecule is CC(C)(C)NN.COc1cccc(C(=O)c2ccccc2C(=O)Cl)c1.Cl.Cl. The van der Waals surface area contributed by atoms with Crippen LogP contribution >= 0.6 is 36.4 Å². The molecule has 2 aromatic carbocycles. The molecule has 0 unspecified atom stereocenters. The quantitative estimate of drug-likeness (QED) is 0.322. The predicted octanol–water partition coefficient (Wildman–Crippen LogP) is 4.40. The Balaban J connectivity index is 0. The fourth-order valence-corrected chi connectivity index (χ4v) is 1.94. The first-order valence-corrected chi connectivity index (χ1v) is 8.02. The van der Waals surface area contributed by atoms with Gasteiger partial charge in [-0.3, -0.25) is 20.9 Å². The van der Waals surface area contributed by atoms with Gasteiger partial charge < -0.3 is 4.74 Å². The van der Waals surface area contributed by atoms with Gasteiger partial charge in [0.25, 0.3) is 5.24 Å². The molecule has 0 saturated carbocycles. The number of ketones is 1. The lowest BCUT2D eigenvalue weighted by molar-refractivity contribution is 0.102. The van der Waals surface area contributed by atoms with E-state index in [1.54, 1.807) is 42.5 Å². The van der Waals surface area contributed by atoms with Crippen LogP contribution in [0.25, 0.3) is 0 Å². The molecule has 27 heavy (non-hydrogen) atoms. The van der Waals surface area contributed by atoms with E-state index in [1.165, 1.54) is 13.2 Å². The van der Waals surface area contributed by atoms with Crippen molar-refractivity contribution in [3.63, 3.8) is 0 Å². The largest absolute Gasteiger partial charge is 0.497 e. The van der Waals surface area contributed by atoms with Crippen molar-refractivity contribution in [2.45, 2.75) is 26.3 Å². The van der Waals surface area contributed by atoms with Crippen molar-refractivity contribution in [1.82, 2.24) is 5.43 Å². The Labute approximate surface area is 177 Å². The van der Waals surface area contributed by atoms with Gasteiger partial charge in [0.05, 0.1) is 7.11 Å². The minimum absolute atomic E-state index is 0. The number of carbonyl (C=O) groups is 2. The van der Waals surface area contributed by atoms with Gasteiger partial charge in [0.1, 0.15) is 5.75 Å². The van der Waals surface area contributed by atoms with Crippen molar-refractivity contribution in [2.75, 3.05) is 7.11 Å². The molecule has 0 amide bonds. The Morgan fingerprint density at radius 2 is 1.52 bits per heavy atom. The molecular weight excluding hydrogens is 411 g/mol. The zero-order chi connectivity index (χ0) is 19.0. The second-order valence-corrected chi connectivity index (χ2v) is 6.62. The highest BCUT2D eigenvalue weighted by atomic mass is 35.5. The van der Waals surface area contributed by atoms with E-state index in [0.29, 0.717) is 11.3 Å². The molecule has 0 aliphatic rings. The van der Waals surface area contributed by atoms with Crippen molar-refractivity contribution < 1.29 is 14.3 Å². The second kappa shape index (κ2) is 12.7. The molecule has 8 heteroatoms. The van der Waals surface area contributed by atoms with Crippen molar-refractivity contribution in [3.05, 3.63) is 65.2 Å². The summed E-state index contributed by atoms with van der Waals surface area (Å²) in [5.74, 6) is 5.38. The maximum atomic E-state index is 12.4. The molecule has 2 aromatic rings. The summed E-state index contributed by atoms with van der Waals surface area (Å²) in [5.41, 5.74) is 3.62. The number of rotatable bonds is 4. The van der Waals surface area contributed by atoms with Crippen LogP contribution in [0, 0.1) is 0 Å². The molecular formula is C19H25Cl3N2O3. The number of ether oxygens (including phenoxy) is 1. The number of halogens is 3. The predicted molar refractivity (Wildman–Crippen MR) is 115 cm³/mol. The molecule has 0 heterocycles. The number of benzene rings is 2. The fourth-order valence-electron chi connectivity index (χ4n) is 1.77. The minimum atomic E-state index is -0.646. The fraction of sp³-hybridized carbons (Fsp3) is 0.263. The number of hydrazine groups is 1. The highest BCUT2D eigenvalue weighted by Gasteiger charge is 2.16. The maximum Gasteiger partial charge on any atom is 0.253 e. The summed E-state index contributed by atoms with van der Waals surface area (Å²) in [5, 5.41) is -0.646. The number of carbonyl (C=O) groups excluding carboxylic acids is 2. The standard InChI is InChI=1S/C15H11ClO3.C4H12N2.2ClH/c1-19-11-6-4-5-10(9-11)14(17)12-7-2-3-8-13(12)15(16)18;1-4(2,3)6-5;;/h2-9H,1H3;6H,5H2,1-3H3;2*1H. The first-order chi connectivity index (χ1) is 11.7. The Morgan fingerprint density at radius 1 is 1.00 bits per heavy atom. The van der Waals surface area contributed by atoms with Gasteiger partial charge in [-0.25, -0.2) is 0 Å². The van der Waals surface area contributed by atoms with Crippen LogP contribution in [0.15, 0.2) is 48.5 Å².